The molecule has 0 radical (unpaired) electrons. The second-order valence-electron chi connectivity index (χ2n) is 9.00. The molecular weight excluding hydrogens is 426 g/mol. The molecule has 28 heavy (non-hydrogen) atoms. The molecule has 2 fully saturated rings. The predicted octanol–water partition coefficient (Wildman–Crippen LogP) is 4.56. The van der Waals surface area contributed by atoms with Gasteiger partial charge in [0.05, 0.1) is 5.60 Å². The number of benzene rings is 1. The largest absolute Gasteiger partial charge is 0.480 e. The van der Waals surface area contributed by atoms with Crippen molar-refractivity contribution in [3.63, 3.8) is 0 Å². The molecule has 6 nitrogen and oxygen atoms in total. The van der Waals surface area contributed by atoms with Gasteiger partial charge in [0, 0.05) is 17.6 Å². The fourth-order valence-electron chi connectivity index (χ4n) is 4.35. The van der Waals surface area contributed by atoms with E-state index < -0.39 is 17.2 Å². The Kier molecular flexibility index (Phi) is 5.79. The molecule has 1 amide bonds. The van der Waals surface area contributed by atoms with Crippen LogP contribution < -0.4 is 0 Å². The first-order valence-corrected chi connectivity index (χ1v) is 10.4. The summed E-state index contributed by atoms with van der Waals surface area (Å²) in [6, 6.07) is 7.90. The number of carboxylic acid groups (broad SMARTS) is 1. The summed E-state index contributed by atoms with van der Waals surface area (Å²) in [6.07, 6.45) is 3.04. The third kappa shape index (κ3) is 4.69. The van der Waals surface area contributed by atoms with Crippen LogP contribution in [0.25, 0.3) is 0 Å². The summed E-state index contributed by atoms with van der Waals surface area (Å²) in [5.74, 6) is -0.961. The molecule has 1 aliphatic heterocycles. The topological polar surface area (TPSA) is 76.1 Å². The van der Waals surface area contributed by atoms with Crippen molar-refractivity contribution in [2.75, 3.05) is 19.7 Å². The lowest BCUT2D eigenvalue weighted by Crippen LogP contribution is -2.57. The van der Waals surface area contributed by atoms with Gasteiger partial charge in [-0.05, 0) is 69.6 Å². The monoisotopic (exact) mass is 453 g/mol. The zero-order valence-corrected chi connectivity index (χ0v) is 18.3. The quantitative estimate of drug-likeness (QED) is 0.722. The minimum absolute atomic E-state index is 0.0874. The Bertz CT molecular complexity index is 724. The van der Waals surface area contributed by atoms with E-state index in [0.717, 1.165) is 35.7 Å². The van der Waals surface area contributed by atoms with E-state index in [2.05, 4.69) is 15.9 Å². The van der Waals surface area contributed by atoms with Crippen LogP contribution in [-0.4, -0.2) is 47.4 Å². The van der Waals surface area contributed by atoms with E-state index in [1.54, 1.807) is 4.90 Å². The highest BCUT2D eigenvalue weighted by Crippen LogP contribution is 2.61. The van der Waals surface area contributed by atoms with E-state index in [1.807, 2.05) is 45.0 Å². The predicted molar refractivity (Wildman–Crippen MR) is 108 cm³/mol. The Morgan fingerprint density at radius 1 is 1.14 bits per heavy atom. The highest BCUT2D eigenvalue weighted by Gasteiger charge is 2.57. The van der Waals surface area contributed by atoms with E-state index in [9.17, 15) is 9.59 Å². The number of hydrogen-bond acceptors (Lipinski definition) is 4. The van der Waals surface area contributed by atoms with Gasteiger partial charge in [-0.3, -0.25) is 0 Å². The summed E-state index contributed by atoms with van der Waals surface area (Å²) in [5, 5.41) is 9.09. The van der Waals surface area contributed by atoms with Gasteiger partial charge in [-0.25, -0.2) is 9.59 Å². The molecule has 1 N–H and O–H groups in total. The number of aliphatic carboxylic acids is 1. The van der Waals surface area contributed by atoms with Gasteiger partial charge in [-0.1, -0.05) is 28.1 Å². The molecule has 7 heteroatoms. The first-order chi connectivity index (χ1) is 13.0. The lowest BCUT2D eigenvalue weighted by Gasteiger charge is -2.58. The lowest BCUT2D eigenvalue weighted by atomic mass is 9.53. The molecule has 0 atom stereocenters. The van der Waals surface area contributed by atoms with Gasteiger partial charge >= 0.3 is 12.1 Å². The zero-order chi connectivity index (χ0) is 20.6. The normalized spacial score (nSPS) is 20.5. The number of carboxylic acids is 1. The Morgan fingerprint density at radius 2 is 1.71 bits per heavy atom. The number of carbonyl (C=O) groups excluding carboxylic acids is 1. The van der Waals surface area contributed by atoms with Crippen molar-refractivity contribution in [1.29, 1.82) is 0 Å². The van der Waals surface area contributed by atoms with Crippen molar-refractivity contribution in [2.24, 2.45) is 5.41 Å². The third-order valence-corrected chi connectivity index (χ3v) is 6.17. The standard InChI is InChI=1S/C21H28BrNO5/c1-19(2,3)28-18(26)23-10-8-20(9-11-23)13-21(14-20,27-12-17(24)25)15-4-6-16(22)7-5-15/h4-7H,8-14H2,1-3H3,(H,24,25). The van der Waals surface area contributed by atoms with Gasteiger partial charge in [-0.2, -0.15) is 0 Å². The van der Waals surface area contributed by atoms with Crippen LogP contribution in [0.5, 0.6) is 0 Å². The van der Waals surface area contributed by atoms with E-state index in [-0.39, 0.29) is 18.1 Å². The number of nitrogens with zero attached hydrogens (tertiary/aromatic N) is 1. The van der Waals surface area contributed by atoms with Crippen molar-refractivity contribution < 1.29 is 24.2 Å². The number of rotatable bonds is 4. The number of ether oxygens (including phenoxy) is 2. The van der Waals surface area contributed by atoms with Crippen LogP contribution in [0.3, 0.4) is 0 Å². The molecule has 1 spiro atoms. The number of halogens is 1. The van der Waals surface area contributed by atoms with Crippen LogP contribution in [-0.2, 0) is 19.9 Å². The van der Waals surface area contributed by atoms with Gasteiger partial charge < -0.3 is 19.5 Å². The van der Waals surface area contributed by atoms with Gasteiger partial charge in [0.2, 0.25) is 0 Å². The average molecular weight is 454 g/mol. The molecule has 2 aliphatic rings. The van der Waals surface area contributed by atoms with E-state index in [0.29, 0.717) is 13.1 Å². The number of amides is 1. The van der Waals surface area contributed by atoms with Crippen molar-refractivity contribution >= 4 is 28.0 Å². The van der Waals surface area contributed by atoms with Crippen molar-refractivity contribution in [3.05, 3.63) is 34.3 Å². The summed E-state index contributed by atoms with van der Waals surface area (Å²) >= 11 is 3.44. The summed E-state index contributed by atoms with van der Waals surface area (Å²) in [7, 11) is 0. The minimum atomic E-state index is -0.961. The fraction of sp³-hybridized carbons (Fsp3) is 0.619. The number of likely N-dealkylation sites (tertiary alicyclic amines) is 1. The van der Waals surface area contributed by atoms with Crippen molar-refractivity contribution in [1.82, 2.24) is 4.90 Å². The molecule has 3 rings (SSSR count). The smallest absolute Gasteiger partial charge is 0.410 e. The zero-order valence-electron chi connectivity index (χ0n) is 16.7. The molecular formula is C21H28BrNO5. The maximum absolute atomic E-state index is 12.3. The number of hydrogen-bond donors (Lipinski definition) is 1. The maximum Gasteiger partial charge on any atom is 0.410 e. The average Bonchev–Trinajstić information content (AvgIpc) is 2.57. The van der Waals surface area contributed by atoms with E-state index in [1.165, 1.54) is 0 Å². The van der Waals surface area contributed by atoms with E-state index >= 15 is 0 Å². The van der Waals surface area contributed by atoms with Crippen molar-refractivity contribution in [3.8, 4) is 0 Å². The summed E-state index contributed by atoms with van der Waals surface area (Å²) in [6.45, 7) is 6.61. The number of piperidine rings is 1. The maximum atomic E-state index is 12.3. The molecule has 0 unspecified atom stereocenters. The first kappa shape index (κ1) is 21.1. The van der Waals surface area contributed by atoms with Crippen LogP contribution in [0, 0.1) is 5.41 Å². The molecule has 1 aliphatic carbocycles. The van der Waals surface area contributed by atoms with Gasteiger partial charge in [0.25, 0.3) is 0 Å². The summed E-state index contributed by atoms with van der Waals surface area (Å²) in [5.41, 5.74) is 0.0404. The molecule has 1 aromatic carbocycles. The van der Waals surface area contributed by atoms with Crippen molar-refractivity contribution in [2.45, 2.75) is 57.7 Å². The Hall–Kier alpha value is -1.60. The van der Waals surface area contributed by atoms with Crippen LogP contribution in [0.1, 0.15) is 52.0 Å². The second kappa shape index (κ2) is 7.67. The molecule has 1 saturated heterocycles. The third-order valence-electron chi connectivity index (χ3n) is 5.64. The molecule has 1 aromatic rings. The summed E-state index contributed by atoms with van der Waals surface area (Å²) < 4.78 is 12.4. The van der Waals surface area contributed by atoms with Crippen LogP contribution in [0.2, 0.25) is 0 Å². The molecule has 0 bridgehead atoms. The number of carbonyl (C=O) groups is 2. The fourth-order valence-corrected chi connectivity index (χ4v) is 4.61. The lowest BCUT2D eigenvalue weighted by molar-refractivity contribution is -0.198. The van der Waals surface area contributed by atoms with Gasteiger partial charge in [-0.15, -0.1) is 0 Å². The Morgan fingerprint density at radius 3 is 2.21 bits per heavy atom. The Balaban J connectivity index is 1.66. The second-order valence-corrected chi connectivity index (χ2v) is 9.92. The van der Waals surface area contributed by atoms with Crippen LogP contribution in [0.4, 0.5) is 4.79 Å². The van der Waals surface area contributed by atoms with E-state index in [4.69, 9.17) is 14.6 Å². The van der Waals surface area contributed by atoms with Gasteiger partial charge in [0.1, 0.15) is 12.2 Å². The SMILES string of the molecule is CC(C)(C)OC(=O)N1CCC2(CC1)CC(OCC(=O)O)(c1ccc(Br)cc1)C2. The molecule has 1 heterocycles. The molecule has 154 valence electrons. The minimum Gasteiger partial charge on any atom is -0.480 e. The highest BCUT2D eigenvalue weighted by molar-refractivity contribution is 9.10. The first-order valence-electron chi connectivity index (χ1n) is 9.62. The molecule has 0 aromatic heterocycles. The summed E-state index contributed by atoms with van der Waals surface area (Å²) in [4.78, 5) is 25.2. The van der Waals surface area contributed by atoms with Gasteiger partial charge in [0.15, 0.2) is 0 Å². The van der Waals surface area contributed by atoms with Crippen LogP contribution in [0.15, 0.2) is 28.7 Å². The highest BCUT2D eigenvalue weighted by atomic mass is 79.9. The van der Waals surface area contributed by atoms with Crippen LogP contribution >= 0.6 is 15.9 Å². The Labute approximate surface area is 174 Å². The molecule has 1 saturated carbocycles.